The molecule has 6 heteroatoms. The van der Waals surface area contributed by atoms with Crippen LogP contribution in [0.15, 0.2) is 24.3 Å². The third-order valence-electron chi connectivity index (χ3n) is 2.98. The number of nitrogens with zero attached hydrogens (tertiary/aromatic N) is 1. The van der Waals surface area contributed by atoms with E-state index in [2.05, 4.69) is 19.2 Å². The van der Waals surface area contributed by atoms with E-state index in [0.717, 1.165) is 16.1 Å². The van der Waals surface area contributed by atoms with Gasteiger partial charge in [-0.3, -0.25) is 9.10 Å². The van der Waals surface area contributed by atoms with E-state index in [1.54, 1.807) is 12.1 Å². The summed E-state index contributed by atoms with van der Waals surface area (Å²) in [5.74, 6) is 0.0540. The summed E-state index contributed by atoms with van der Waals surface area (Å²) in [6, 6.07) is 7.22. The van der Waals surface area contributed by atoms with Crippen LogP contribution < -0.4 is 9.62 Å². The summed E-state index contributed by atoms with van der Waals surface area (Å²) in [4.78, 5) is 11.8. The summed E-state index contributed by atoms with van der Waals surface area (Å²) in [7, 11) is -3.51. The predicted octanol–water partition coefficient (Wildman–Crippen LogP) is 2.10. The fraction of sp³-hybridized carbons (Fsp3) is 0.533. The average molecular weight is 312 g/mol. The Hall–Kier alpha value is -1.56. The molecular formula is C15H24N2O3S. The SMILES string of the molecule is CC(C)NC(=O)CN(c1ccc(C(C)C)cc1)S(C)(=O)=O. The zero-order chi connectivity index (χ0) is 16.2. The van der Waals surface area contributed by atoms with Crippen molar-refractivity contribution < 1.29 is 13.2 Å². The minimum Gasteiger partial charge on any atom is -0.352 e. The van der Waals surface area contributed by atoms with Crippen molar-refractivity contribution in [2.45, 2.75) is 39.7 Å². The highest BCUT2D eigenvalue weighted by atomic mass is 32.2. The number of hydrogen-bond donors (Lipinski definition) is 1. The molecule has 1 aromatic rings. The number of sulfonamides is 1. The van der Waals surface area contributed by atoms with Gasteiger partial charge in [0, 0.05) is 6.04 Å². The summed E-state index contributed by atoms with van der Waals surface area (Å²) in [6.07, 6.45) is 1.10. The molecule has 0 unspecified atom stereocenters. The molecule has 0 aliphatic heterocycles. The Morgan fingerprint density at radius 3 is 2.05 bits per heavy atom. The van der Waals surface area contributed by atoms with Crippen LogP contribution in [-0.2, 0) is 14.8 Å². The van der Waals surface area contributed by atoms with Gasteiger partial charge < -0.3 is 5.32 Å². The van der Waals surface area contributed by atoms with Crippen LogP contribution in [0.1, 0.15) is 39.2 Å². The first-order valence-electron chi connectivity index (χ1n) is 6.98. The molecule has 1 aromatic carbocycles. The number of hydrogen-bond acceptors (Lipinski definition) is 3. The smallest absolute Gasteiger partial charge is 0.240 e. The van der Waals surface area contributed by atoms with Crippen LogP contribution in [0.4, 0.5) is 5.69 Å². The molecular weight excluding hydrogens is 288 g/mol. The molecule has 0 spiro atoms. The van der Waals surface area contributed by atoms with Gasteiger partial charge >= 0.3 is 0 Å². The fourth-order valence-electron chi connectivity index (χ4n) is 1.92. The second-order valence-corrected chi connectivity index (χ2v) is 7.64. The maximum absolute atomic E-state index is 11.9. The molecule has 0 bridgehead atoms. The maximum Gasteiger partial charge on any atom is 0.240 e. The van der Waals surface area contributed by atoms with E-state index in [0.29, 0.717) is 11.6 Å². The molecule has 0 aliphatic carbocycles. The topological polar surface area (TPSA) is 66.5 Å². The van der Waals surface area contributed by atoms with Crippen LogP contribution in [0.2, 0.25) is 0 Å². The standard InChI is InChI=1S/C15H24N2O3S/c1-11(2)13-6-8-14(9-7-13)17(21(5,19)20)10-15(18)16-12(3)4/h6-9,11-12H,10H2,1-5H3,(H,16,18). The van der Waals surface area contributed by atoms with Gasteiger partial charge in [-0.15, -0.1) is 0 Å². The lowest BCUT2D eigenvalue weighted by atomic mass is 10.0. The Morgan fingerprint density at radius 2 is 1.67 bits per heavy atom. The van der Waals surface area contributed by atoms with Crippen LogP contribution in [0, 0.1) is 0 Å². The highest BCUT2D eigenvalue weighted by molar-refractivity contribution is 7.92. The molecule has 1 amide bonds. The molecule has 0 heterocycles. The lowest BCUT2D eigenvalue weighted by Crippen LogP contribution is -2.42. The summed E-state index contributed by atoms with van der Waals surface area (Å²) in [5, 5.41) is 2.70. The molecule has 0 saturated carbocycles. The zero-order valence-electron chi connectivity index (χ0n) is 13.3. The highest BCUT2D eigenvalue weighted by Crippen LogP contribution is 2.21. The molecule has 1 rings (SSSR count). The van der Waals surface area contributed by atoms with Gasteiger partial charge in [0.2, 0.25) is 15.9 Å². The number of carbonyl (C=O) groups is 1. The third-order valence-corrected chi connectivity index (χ3v) is 4.13. The first-order valence-corrected chi connectivity index (χ1v) is 8.83. The van der Waals surface area contributed by atoms with Gasteiger partial charge in [0.25, 0.3) is 0 Å². The molecule has 21 heavy (non-hydrogen) atoms. The number of rotatable bonds is 6. The van der Waals surface area contributed by atoms with Gasteiger partial charge in [-0.25, -0.2) is 8.42 Å². The second kappa shape index (κ2) is 6.93. The van der Waals surface area contributed by atoms with Crippen molar-refractivity contribution in [3.8, 4) is 0 Å². The van der Waals surface area contributed by atoms with Crippen molar-refractivity contribution in [2.75, 3.05) is 17.1 Å². The van der Waals surface area contributed by atoms with E-state index in [9.17, 15) is 13.2 Å². The van der Waals surface area contributed by atoms with Crippen molar-refractivity contribution in [3.63, 3.8) is 0 Å². The van der Waals surface area contributed by atoms with E-state index >= 15 is 0 Å². The number of amides is 1. The molecule has 5 nitrogen and oxygen atoms in total. The largest absolute Gasteiger partial charge is 0.352 e. The summed E-state index contributed by atoms with van der Waals surface area (Å²) in [5.41, 5.74) is 1.62. The monoisotopic (exact) mass is 312 g/mol. The average Bonchev–Trinajstić information content (AvgIpc) is 2.34. The lowest BCUT2D eigenvalue weighted by molar-refractivity contribution is -0.120. The first-order chi connectivity index (χ1) is 9.61. The zero-order valence-corrected chi connectivity index (χ0v) is 14.1. The molecule has 1 N–H and O–H groups in total. The Labute approximate surface area is 127 Å². The van der Waals surface area contributed by atoms with E-state index in [4.69, 9.17) is 0 Å². The Bertz CT molecular complexity index is 577. The molecule has 0 atom stereocenters. The second-order valence-electron chi connectivity index (χ2n) is 5.74. The van der Waals surface area contributed by atoms with Crippen LogP contribution >= 0.6 is 0 Å². The van der Waals surface area contributed by atoms with Gasteiger partial charge in [-0.2, -0.15) is 0 Å². The fourth-order valence-corrected chi connectivity index (χ4v) is 2.78. The number of carbonyl (C=O) groups excluding carboxylic acids is 1. The van der Waals surface area contributed by atoms with Gasteiger partial charge in [0.05, 0.1) is 11.9 Å². The minimum atomic E-state index is -3.51. The van der Waals surface area contributed by atoms with Gasteiger partial charge in [-0.1, -0.05) is 26.0 Å². The Balaban J connectivity index is 3.01. The van der Waals surface area contributed by atoms with Crippen molar-refractivity contribution in [3.05, 3.63) is 29.8 Å². The molecule has 0 aromatic heterocycles. The van der Waals surface area contributed by atoms with Crippen molar-refractivity contribution >= 4 is 21.6 Å². The van der Waals surface area contributed by atoms with Gasteiger partial charge in [0.1, 0.15) is 6.54 Å². The van der Waals surface area contributed by atoms with Crippen molar-refractivity contribution in [2.24, 2.45) is 0 Å². The number of nitrogens with one attached hydrogen (secondary N) is 1. The maximum atomic E-state index is 11.9. The Morgan fingerprint density at radius 1 is 1.14 bits per heavy atom. The van der Waals surface area contributed by atoms with E-state index in [1.807, 2.05) is 26.0 Å². The van der Waals surface area contributed by atoms with Gasteiger partial charge in [0.15, 0.2) is 0 Å². The first kappa shape index (κ1) is 17.5. The van der Waals surface area contributed by atoms with Crippen molar-refractivity contribution in [1.29, 1.82) is 0 Å². The molecule has 0 fully saturated rings. The van der Waals surface area contributed by atoms with Gasteiger partial charge in [-0.05, 0) is 37.5 Å². The summed E-state index contributed by atoms with van der Waals surface area (Å²) in [6.45, 7) is 7.59. The lowest BCUT2D eigenvalue weighted by Gasteiger charge is -2.23. The molecule has 0 saturated heterocycles. The summed E-state index contributed by atoms with van der Waals surface area (Å²) < 4.78 is 25.0. The minimum absolute atomic E-state index is 0.0257. The third kappa shape index (κ3) is 5.38. The number of benzene rings is 1. The highest BCUT2D eigenvalue weighted by Gasteiger charge is 2.21. The van der Waals surface area contributed by atoms with Crippen LogP contribution in [0.3, 0.4) is 0 Å². The molecule has 0 aliphatic rings. The summed E-state index contributed by atoms with van der Waals surface area (Å²) >= 11 is 0. The van der Waals surface area contributed by atoms with Crippen molar-refractivity contribution in [1.82, 2.24) is 5.32 Å². The predicted molar refractivity (Wildman–Crippen MR) is 86.0 cm³/mol. The van der Waals surface area contributed by atoms with E-state index in [1.165, 1.54) is 0 Å². The van der Waals surface area contributed by atoms with Crippen LogP contribution in [-0.4, -0.2) is 33.2 Å². The quantitative estimate of drug-likeness (QED) is 0.875. The molecule has 118 valence electrons. The van der Waals surface area contributed by atoms with Crippen LogP contribution in [0.25, 0.3) is 0 Å². The Kier molecular flexibility index (Phi) is 5.78. The van der Waals surface area contributed by atoms with E-state index in [-0.39, 0.29) is 18.5 Å². The molecule has 0 radical (unpaired) electrons. The number of anilines is 1. The van der Waals surface area contributed by atoms with E-state index < -0.39 is 10.0 Å². The van der Waals surface area contributed by atoms with Crippen LogP contribution in [0.5, 0.6) is 0 Å². The normalized spacial score (nSPS) is 11.8.